The molecule has 0 fully saturated rings. The van der Waals surface area contributed by atoms with E-state index in [-0.39, 0.29) is 11.4 Å². The number of benzene rings is 3. The van der Waals surface area contributed by atoms with Gasteiger partial charge >= 0.3 is 0 Å². The number of phenolic OH excluding ortho intramolecular Hbond substituents is 1. The minimum Gasteiger partial charge on any atom is -0.508 e. The van der Waals surface area contributed by atoms with E-state index in [0.717, 1.165) is 21.7 Å². The molecule has 6 nitrogen and oxygen atoms in total. The molecular formula is C18H10N4O2S. The van der Waals surface area contributed by atoms with Gasteiger partial charge in [-0.1, -0.05) is 36.4 Å². The SMILES string of the molecule is O=Nc1cc(O)cc2c3ccc4ccccc4c3n3c(=S)[nH]nc3c12. The summed E-state index contributed by atoms with van der Waals surface area (Å²) in [6, 6.07) is 14.9. The summed E-state index contributed by atoms with van der Waals surface area (Å²) < 4.78 is 2.25. The van der Waals surface area contributed by atoms with Crippen molar-refractivity contribution in [2.24, 2.45) is 5.18 Å². The summed E-state index contributed by atoms with van der Waals surface area (Å²) in [6.07, 6.45) is 0. The first kappa shape index (κ1) is 14.1. The summed E-state index contributed by atoms with van der Waals surface area (Å²) in [4.78, 5) is 11.3. The van der Waals surface area contributed by atoms with E-state index in [1.165, 1.54) is 6.07 Å². The van der Waals surface area contributed by atoms with Gasteiger partial charge in [0.2, 0.25) is 0 Å². The van der Waals surface area contributed by atoms with Gasteiger partial charge < -0.3 is 5.11 Å². The van der Waals surface area contributed by atoms with Crippen LogP contribution >= 0.6 is 12.2 Å². The second-order valence-corrected chi connectivity index (χ2v) is 6.24. The molecule has 2 N–H and O–H groups in total. The molecule has 0 bridgehead atoms. The number of aromatic hydroxyl groups is 1. The highest BCUT2D eigenvalue weighted by molar-refractivity contribution is 7.71. The van der Waals surface area contributed by atoms with Gasteiger partial charge in [0.1, 0.15) is 11.4 Å². The highest BCUT2D eigenvalue weighted by atomic mass is 32.1. The predicted octanol–water partition coefficient (Wildman–Crippen LogP) is 4.95. The number of hydrogen-bond donors (Lipinski definition) is 2. The van der Waals surface area contributed by atoms with Gasteiger partial charge in [-0.05, 0) is 28.8 Å². The number of rotatable bonds is 1. The lowest BCUT2D eigenvalue weighted by Crippen LogP contribution is -1.93. The van der Waals surface area contributed by atoms with Gasteiger partial charge in [-0.15, -0.1) is 4.91 Å². The molecule has 0 aliphatic rings. The van der Waals surface area contributed by atoms with Crippen molar-refractivity contribution >= 4 is 56.0 Å². The molecule has 5 rings (SSSR count). The molecule has 2 heterocycles. The first-order valence-electron chi connectivity index (χ1n) is 7.59. The molecular weight excluding hydrogens is 336 g/mol. The molecule has 0 atom stereocenters. The fourth-order valence-electron chi connectivity index (χ4n) is 3.52. The fourth-order valence-corrected chi connectivity index (χ4v) is 3.74. The monoisotopic (exact) mass is 346 g/mol. The molecule has 5 aromatic rings. The van der Waals surface area contributed by atoms with Crippen LogP contribution in [0.15, 0.2) is 53.7 Å². The van der Waals surface area contributed by atoms with Crippen LogP contribution in [-0.2, 0) is 0 Å². The number of nitroso groups, excluding NO2 is 1. The van der Waals surface area contributed by atoms with Crippen molar-refractivity contribution in [1.82, 2.24) is 14.6 Å². The summed E-state index contributed by atoms with van der Waals surface area (Å²) in [6.45, 7) is 0. The van der Waals surface area contributed by atoms with Gasteiger partial charge in [-0.2, -0.15) is 5.10 Å². The standard InChI is InChI=1S/C18H10N4O2S/c23-10-7-13-12-6-5-9-3-1-2-4-11(9)16(12)22-17(19-20-18(22)25)15(13)14(8-10)21-24/h1-8,23H,(H,20,25). The van der Waals surface area contributed by atoms with E-state index in [1.807, 2.05) is 40.8 Å². The van der Waals surface area contributed by atoms with Crippen LogP contribution in [0.1, 0.15) is 0 Å². The third-order valence-corrected chi connectivity index (χ3v) is 4.78. The summed E-state index contributed by atoms with van der Waals surface area (Å²) in [5.74, 6) is -0.0185. The van der Waals surface area contributed by atoms with Crippen molar-refractivity contribution in [3.63, 3.8) is 0 Å². The normalized spacial score (nSPS) is 11.7. The minimum absolute atomic E-state index is 0.0185. The largest absolute Gasteiger partial charge is 0.508 e. The highest BCUT2D eigenvalue weighted by Gasteiger charge is 2.17. The summed E-state index contributed by atoms with van der Waals surface area (Å²) in [7, 11) is 0. The van der Waals surface area contributed by atoms with Crippen LogP contribution in [0.5, 0.6) is 5.75 Å². The average Bonchev–Trinajstić information content (AvgIpc) is 3.02. The van der Waals surface area contributed by atoms with E-state index in [0.29, 0.717) is 21.2 Å². The number of phenols is 1. The summed E-state index contributed by atoms with van der Waals surface area (Å²) >= 11 is 5.43. The molecule has 0 aliphatic carbocycles. The molecule has 25 heavy (non-hydrogen) atoms. The number of aromatic nitrogens is 3. The molecule has 3 aromatic carbocycles. The van der Waals surface area contributed by atoms with Crippen LogP contribution in [0, 0.1) is 9.68 Å². The Kier molecular flexibility index (Phi) is 2.72. The van der Waals surface area contributed by atoms with Gasteiger partial charge in [0.15, 0.2) is 10.4 Å². The van der Waals surface area contributed by atoms with E-state index >= 15 is 0 Å². The van der Waals surface area contributed by atoms with Gasteiger partial charge in [0, 0.05) is 22.2 Å². The number of fused-ring (bicyclic) bond motifs is 8. The zero-order chi connectivity index (χ0) is 17.1. The third-order valence-electron chi connectivity index (χ3n) is 4.51. The van der Waals surface area contributed by atoms with Crippen LogP contribution in [0.25, 0.3) is 38.1 Å². The van der Waals surface area contributed by atoms with Crippen molar-refractivity contribution < 1.29 is 5.11 Å². The second kappa shape index (κ2) is 4.84. The maximum absolute atomic E-state index is 11.3. The Bertz CT molecular complexity index is 1400. The number of nitrogens with zero attached hydrogens (tertiary/aromatic N) is 3. The number of H-pyrrole nitrogens is 1. The van der Waals surface area contributed by atoms with Gasteiger partial charge in [-0.25, -0.2) is 0 Å². The topological polar surface area (TPSA) is 82.7 Å². The second-order valence-electron chi connectivity index (χ2n) is 5.85. The van der Waals surface area contributed by atoms with Crippen LogP contribution in [-0.4, -0.2) is 19.7 Å². The molecule has 0 amide bonds. The molecule has 120 valence electrons. The van der Waals surface area contributed by atoms with Crippen molar-refractivity contribution in [2.75, 3.05) is 0 Å². The predicted molar refractivity (Wildman–Crippen MR) is 100 cm³/mol. The summed E-state index contributed by atoms with van der Waals surface area (Å²) in [5.41, 5.74) is 1.52. The van der Waals surface area contributed by atoms with E-state index in [4.69, 9.17) is 12.2 Å². The Hall–Kier alpha value is -3.32. The van der Waals surface area contributed by atoms with E-state index < -0.39 is 0 Å². The Balaban J connectivity index is 2.26. The number of nitrogens with one attached hydrogen (secondary N) is 1. The fraction of sp³-hybridized carbons (Fsp3) is 0. The lowest BCUT2D eigenvalue weighted by Gasteiger charge is -2.11. The average molecular weight is 346 g/mol. The third kappa shape index (κ3) is 1.78. The zero-order valence-electron chi connectivity index (χ0n) is 12.7. The van der Waals surface area contributed by atoms with Crippen molar-refractivity contribution in [3.8, 4) is 5.75 Å². The van der Waals surface area contributed by atoms with E-state index in [2.05, 4.69) is 15.4 Å². The molecule has 0 radical (unpaired) electrons. The van der Waals surface area contributed by atoms with Crippen molar-refractivity contribution in [3.05, 3.63) is 58.2 Å². The lowest BCUT2D eigenvalue weighted by molar-refractivity contribution is 0.476. The Morgan fingerprint density at radius 3 is 2.76 bits per heavy atom. The molecule has 0 saturated heterocycles. The van der Waals surface area contributed by atoms with Gasteiger partial charge in [0.05, 0.1) is 10.9 Å². The Labute approximate surface area is 145 Å². The molecule has 2 aromatic heterocycles. The molecule has 0 saturated carbocycles. The Morgan fingerprint density at radius 2 is 1.92 bits per heavy atom. The van der Waals surface area contributed by atoms with Crippen LogP contribution in [0.4, 0.5) is 5.69 Å². The van der Waals surface area contributed by atoms with E-state index in [9.17, 15) is 10.0 Å². The molecule has 0 aliphatic heterocycles. The minimum atomic E-state index is -0.0185. The first-order chi connectivity index (χ1) is 12.2. The Morgan fingerprint density at radius 1 is 1.08 bits per heavy atom. The number of hydrogen-bond acceptors (Lipinski definition) is 5. The maximum Gasteiger partial charge on any atom is 0.200 e. The molecule has 7 heteroatoms. The number of pyridine rings is 1. The van der Waals surface area contributed by atoms with Gasteiger partial charge in [0.25, 0.3) is 0 Å². The van der Waals surface area contributed by atoms with Crippen LogP contribution in [0.2, 0.25) is 0 Å². The zero-order valence-corrected chi connectivity index (χ0v) is 13.5. The highest BCUT2D eigenvalue weighted by Crippen LogP contribution is 2.39. The lowest BCUT2D eigenvalue weighted by atomic mass is 10.00. The smallest absolute Gasteiger partial charge is 0.200 e. The van der Waals surface area contributed by atoms with Crippen LogP contribution in [0.3, 0.4) is 0 Å². The first-order valence-corrected chi connectivity index (χ1v) is 8.00. The van der Waals surface area contributed by atoms with Gasteiger partial charge in [-0.3, -0.25) is 9.50 Å². The summed E-state index contributed by atoms with van der Waals surface area (Å²) in [5, 5.41) is 24.4. The van der Waals surface area contributed by atoms with Crippen LogP contribution < -0.4 is 0 Å². The van der Waals surface area contributed by atoms with Crippen molar-refractivity contribution in [1.29, 1.82) is 0 Å². The molecule has 0 spiro atoms. The van der Waals surface area contributed by atoms with E-state index in [1.54, 1.807) is 6.07 Å². The number of aromatic amines is 1. The quantitative estimate of drug-likeness (QED) is 0.255. The molecule has 0 unspecified atom stereocenters. The van der Waals surface area contributed by atoms with Crippen molar-refractivity contribution in [2.45, 2.75) is 0 Å². The maximum atomic E-state index is 11.3.